The summed E-state index contributed by atoms with van der Waals surface area (Å²) in [5.74, 6) is 1.37. The second-order valence-corrected chi connectivity index (χ2v) is 9.45. The molecule has 5 heterocycles. The Labute approximate surface area is 225 Å². The van der Waals surface area contributed by atoms with Gasteiger partial charge in [0.05, 0.1) is 18.9 Å². The topological polar surface area (TPSA) is 105 Å². The number of ether oxygens (including phenoxy) is 2. The molecule has 200 valence electrons. The lowest BCUT2D eigenvalue weighted by atomic mass is 10.2. The second-order valence-electron chi connectivity index (χ2n) is 9.45. The molecule has 11 heteroatoms. The fourth-order valence-electron chi connectivity index (χ4n) is 4.60. The second kappa shape index (κ2) is 10.7. The molecule has 1 saturated heterocycles. The van der Waals surface area contributed by atoms with Crippen LogP contribution < -0.4 is 4.90 Å². The SMILES string of the molecule is CCCC(=O)OCn1nc(-c2cc3nc(-n4ccc(-c5ccccc5)n4)cc(N4CCOCC4)n3n2)cc1C. The van der Waals surface area contributed by atoms with Crippen molar-refractivity contribution in [2.45, 2.75) is 33.4 Å². The van der Waals surface area contributed by atoms with Crippen LogP contribution in [0.25, 0.3) is 34.1 Å². The molecule has 0 spiro atoms. The van der Waals surface area contributed by atoms with Crippen molar-refractivity contribution < 1.29 is 14.3 Å². The van der Waals surface area contributed by atoms with Crippen molar-refractivity contribution in [2.24, 2.45) is 0 Å². The van der Waals surface area contributed by atoms with Gasteiger partial charge in [0.1, 0.15) is 17.2 Å². The van der Waals surface area contributed by atoms with Crippen LogP contribution in [0.1, 0.15) is 25.5 Å². The third-order valence-electron chi connectivity index (χ3n) is 6.67. The van der Waals surface area contributed by atoms with Gasteiger partial charge in [-0.3, -0.25) is 4.79 Å². The zero-order valence-corrected chi connectivity index (χ0v) is 22.0. The highest BCUT2D eigenvalue weighted by atomic mass is 16.5. The number of benzene rings is 1. The van der Waals surface area contributed by atoms with E-state index >= 15 is 0 Å². The Bertz CT molecular complexity index is 1600. The number of hydrogen-bond acceptors (Lipinski definition) is 8. The van der Waals surface area contributed by atoms with Crippen LogP contribution in [0.15, 0.2) is 60.8 Å². The highest BCUT2D eigenvalue weighted by molar-refractivity contribution is 5.69. The van der Waals surface area contributed by atoms with Crippen LogP contribution in [0.3, 0.4) is 0 Å². The fraction of sp³-hybridized carbons (Fsp3) is 0.321. The van der Waals surface area contributed by atoms with E-state index in [1.807, 2.05) is 79.2 Å². The summed E-state index contributed by atoms with van der Waals surface area (Å²) in [5.41, 5.74) is 4.84. The molecule has 6 rings (SSSR count). The van der Waals surface area contributed by atoms with E-state index in [9.17, 15) is 4.79 Å². The van der Waals surface area contributed by atoms with Crippen molar-refractivity contribution in [3.05, 3.63) is 66.5 Å². The van der Waals surface area contributed by atoms with E-state index in [-0.39, 0.29) is 12.7 Å². The molecule has 1 aliphatic rings. The molecule has 11 nitrogen and oxygen atoms in total. The van der Waals surface area contributed by atoms with Crippen molar-refractivity contribution in [1.82, 2.24) is 34.2 Å². The summed E-state index contributed by atoms with van der Waals surface area (Å²) in [4.78, 5) is 19.0. The predicted octanol–water partition coefficient (Wildman–Crippen LogP) is 3.89. The summed E-state index contributed by atoms with van der Waals surface area (Å²) in [6, 6.07) is 17.9. The number of anilines is 1. The first kappa shape index (κ1) is 24.8. The highest BCUT2D eigenvalue weighted by Crippen LogP contribution is 2.26. The maximum Gasteiger partial charge on any atom is 0.307 e. The molecule has 0 aliphatic carbocycles. The molecule has 0 radical (unpaired) electrons. The number of hydrogen-bond donors (Lipinski definition) is 0. The number of nitrogens with zero attached hydrogens (tertiary/aromatic N) is 8. The van der Waals surface area contributed by atoms with Crippen molar-refractivity contribution >= 4 is 17.4 Å². The molecule has 0 saturated carbocycles. The van der Waals surface area contributed by atoms with Crippen LogP contribution in [-0.2, 0) is 21.0 Å². The monoisotopic (exact) mass is 526 g/mol. The molecule has 1 fully saturated rings. The zero-order valence-electron chi connectivity index (χ0n) is 22.0. The number of rotatable bonds is 8. The smallest absolute Gasteiger partial charge is 0.307 e. The minimum absolute atomic E-state index is 0.0719. The molecule has 0 amide bonds. The lowest BCUT2D eigenvalue weighted by molar-refractivity contribution is -0.147. The van der Waals surface area contributed by atoms with Crippen molar-refractivity contribution in [2.75, 3.05) is 31.2 Å². The van der Waals surface area contributed by atoms with E-state index < -0.39 is 0 Å². The number of carbonyl (C=O) groups excluding carboxylic acids is 1. The molecule has 0 atom stereocenters. The number of fused-ring (bicyclic) bond motifs is 1. The van der Waals surface area contributed by atoms with Gasteiger partial charge in [-0.25, -0.2) is 14.3 Å². The molecule has 39 heavy (non-hydrogen) atoms. The summed E-state index contributed by atoms with van der Waals surface area (Å²) in [5, 5.41) is 14.3. The van der Waals surface area contributed by atoms with Crippen LogP contribution in [-0.4, -0.2) is 66.4 Å². The minimum atomic E-state index is -0.234. The molecular weight excluding hydrogens is 496 g/mol. The van der Waals surface area contributed by atoms with E-state index in [0.29, 0.717) is 42.5 Å². The van der Waals surface area contributed by atoms with Gasteiger partial charge < -0.3 is 14.4 Å². The van der Waals surface area contributed by atoms with E-state index in [0.717, 1.165) is 42.3 Å². The lowest BCUT2D eigenvalue weighted by Crippen LogP contribution is -2.37. The van der Waals surface area contributed by atoms with Crippen LogP contribution >= 0.6 is 0 Å². The standard InChI is InChI=1S/C28H30N8O3/c1-3-7-28(37)39-19-35-20(2)16-23(31-35)24-17-26-29-25(18-27(36(26)32-24)33-12-14-38-15-13-33)34-11-10-22(30-34)21-8-5-4-6-9-21/h4-6,8-11,16-18H,3,7,12-15,19H2,1-2H3. The predicted molar refractivity (Wildman–Crippen MR) is 146 cm³/mol. The Balaban J connectivity index is 1.37. The Hall–Kier alpha value is -4.51. The molecule has 0 bridgehead atoms. The molecule has 5 aromatic rings. The fourth-order valence-corrected chi connectivity index (χ4v) is 4.60. The summed E-state index contributed by atoms with van der Waals surface area (Å²) in [6.45, 7) is 6.74. The summed E-state index contributed by atoms with van der Waals surface area (Å²) >= 11 is 0. The number of morpholine rings is 1. The van der Waals surface area contributed by atoms with Gasteiger partial charge in [-0.05, 0) is 25.5 Å². The van der Waals surface area contributed by atoms with Gasteiger partial charge >= 0.3 is 5.97 Å². The molecular formula is C28H30N8O3. The van der Waals surface area contributed by atoms with Crippen LogP contribution in [0.4, 0.5) is 5.82 Å². The van der Waals surface area contributed by atoms with Gasteiger partial charge in [0.15, 0.2) is 18.2 Å². The van der Waals surface area contributed by atoms with Gasteiger partial charge in [0.25, 0.3) is 0 Å². The molecule has 0 unspecified atom stereocenters. The molecule has 4 aromatic heterocycles. The first-order chi connectivity index (χ1) is 19.1. The lowest BCUT2D eigenvalue weighted by Gasteiger charge is -2.29. The zero-order chi connectivity index (χ0) is 26.8. The Morgan fingerprint density at radius 2 is 1.77 bits per heavy atom. The third-order valence-corrected chi connectivity index (χ3v) is 6.67. The van der Waals surface area contributed by atoms with E-state index in [1.54, 1.807) is 9.36 Å². The molecule has 1 aromatic carbocycles. The summed E-state index contributed by atoms with van der Waals surface area (Å²) in [6.07, 6.45) is 3.06. The molecule has 1 aliphatic heterocycles. The van der Waals surface area contributed by atoms with Crippen LogP contribution in [0.5, 0.6) is 0 Å². The van der Waals surface area contributed by atoms with Crippen LogP contribution in [0, 0.1) is 6.92 Å². The van der Waals surface area contributed by atoms with Crippen molar-refractivity contribution in [1.29, 1.82) is 0 Å². The van der Waals surface area contributed by atoms with E-state index in [4.69, 9.17) is 24.7 Å². The molecule has 0 N–H and O–H groups in total. The number of esters is 1. The largest absolute Gasteiger partial charge is 0.442 e. The van der Waals surface area contributed by atoms with Gasteiger partial charge in [0, 0.05) is 49.1 Å². The quantitative estimate of drug-likeness (QED) is 0.281. The average molecular weight is 527 g/mol. The normalized spacial score (nSPS) is 13.7. The summed E-state index contributed by atoms with van der Waals surface area (Å²) < 4.78 is 16.3. The van der Waals surface area contributed by atoms with E-state index in [1.165, 1.54) is 0 Å². The highest BCUT2D eigenvalue weighted by Gasteiger charge is 2.20. The Morgan fingerprint density at radius 3 is 2.56 bits per heavy atom. The number of aryl methyl sites for hydroxylation is 1. The van der Waals surface area contributed by atoms with Crippen molar-refractivity contribution in [3.63, 3.8) is 0 Å². The first-order valence-corrected chi connectivity index (χ1v) is 13.1. The van der Waals surface area contributed by atoms with E-state index in [2.05, 4.69) is 10.00 Å². The third kappa shape index (κ3) is 5.13. The van der Waals surface area contributed by atoms with Gasteiger partial charge in [0.2, 0.25) is 0 Å². The Kier molecular flexibility index (Phi) is 6.80. The minimum Gasteiger partial charge on any atom is -0.442 e. The van der Waals surface area contributed by atoms with Crippen LogP contribution in [0.2, 0.25) is 0 Å². The van der Waals surface area contributed by atoms with Gasteiger partial charge in [-0.1, -0.05) is 37.3 Å². The number of carbonyl (C=O) groups is 1. The van der Waals surface area contributed by atoms with Crippen molar-refractivity contribution in [3.8, 4) is 28.5 Å². The number of aromatic nitrogens is 7. The average Bonchev–Trinajstić information content (AvgIpc) is 3.71. The maximum absolute atomic E-state index is 11.8. The van der Waals surface area contributed by atoms with Gasteiger partial charge in [-0.2, -0.15) is 19.8 Å². The van der Waals surface area contributed by atoms with Gasteiger partial charge in [-0.15, -0.1) is 0 Å². The first-order valence-electron chi connectivity index (χ1n) is 13.1. The maximum atomic E-state index is 11.8. The summed E-state index contributed by atoms with van der Waals surface area (Å²) in [7, 11) is 0. The Morgan fingerprint density at radius 1 is 0.974 bits per heavy atom.